The second kappa shape index (κ2) is 3.67. The molecule has 1 radical (unpaired) electrons. The van der Waals surface area contributed by atoms with Gasteiger partial charge in [0, 0.05) is 12.0 Å². The van der Waals surface area contributed by atoms with E-state index >= 15 is 0 Å². The van der Waals surface area contributed by atoms with Crippen molar-refractivity contribution in [1.82, 2.24) is 0 Å². The molecule has 1 aromatic carbocycles. The molecule has 0 unspecified atom stereocenters. The molecule has 10 heavy (non-hydrogen) atoms. The van der Waals surface area contributed by atoms with Crippen molar-refractivity contribution in [3.63, 3.8) is 0 Å². The van der Waals surface area contributed by atoms with Gasteiger partial charge in [0.2, 0.25) is 0 Å². The summed E-state index contributed by atoms with van der Waals surface area (Å²) in [7, 11) is 0. The maximum atomic E-state index is 3.73. The molecule has 0 aliphatic carbocycles. The van der Waals surface area contributed by atoms with E-state index in [1.807, 2.05) is 0 Å². The van der Waals surface area contributed by atoms with E-state index in [1.165, 1.54) is 11.1 Å². The second-order valence-electron chi connectivity index (χ2n) is 2.34. The van der Waals surface area contributed by atoms with Crippen molar-refractivity contribution in [2.45, 2.75) is 12.7 Å². The molecule has 0 fully saturated rings. The highest BCUT2D eigenvalue weighted by Crippen LogP contribution is 2.11. The van der Waals surface area contributed by atoms with Crippen LogP contribution in [-0.2, 0) is 5.75 Å². The third-order valence-corrected chi connectivity index (χ3v) is 1.89. The van der Waals surface area contributed by atoms with Crippen LogP contribution in [0.3, 0.4) is 0 Å². The average Bonchev–Trinajstić information content (AvgIpc) is 1.88. The number of benzene rings is 1. The van der Waals surface area contributed by atoms with Gasteiger partial charge in [0.05, 0.1) is 0 Å². The number of rotatable bonds is 2. The minimum atomic E-state index is 1.02. The number of aryl methyl sites for hydroxylation is 1. The summed E-state index contributed by atoms with van der Waals surface area (Å²) in [6, 6.07) is 8.52. The van der Waals surface area contributed by atoms with Gasteiger partial charge in [-0.2, -0.15) is 11.8 Å². The molecule has 0 amide bonds. The molecule has 0 bridgehead atoms. The molecule has 53 valence electrons. The zero-order valence-electron chi connectivity index (χ0n) is 6.13. The molecule has 0 saturated heterocycles. The van der Waals surface area contributed by atoms with Crippen LogP contribution in [0.25, 0.3) is 0 Å². The molecule has 0 atom stereocenters. The van der Waals surface area contributed by atoms with E-state index < -0.39 is 0 Å². The van der Waals surface area contributed by atoms with E-state index in [2.05, 4.69) is 37.4 Å². The Morgan fingerprint density at radius 3 is 2.90 bits per heavy atom. The quantitative estimate of drug-likeness (QED) is 0.626. The number of thioether (sulfide) groups is 1. The molecule has 0 aliphatic rings. The van der Waals surface area contributed by atoms with Crippen molar-refractivity contribution in [1.29, 1.82) is 0 Å². The highest BCUT2D eigenvalue weighted by atomic mass is 32.2. The predicted molar refractivity (Wildman–Crippen MR) is 47.8 cm³/mol. The second-order valence-corrected chi connectivity index (χ2v) is 3.03. The van der Waals surface area contributed by atoms with E-state index in [0.717, 1.165) is 5.75 Å². The van der Waals surface area contributed by atoms with Crippen molar-refractivity contribution in [3.8, 4) is 0 Å². The van der Waals surface area contributed by atoms with Crippen molar-refractivity contribution >= 4 is 11.8 Å². The Morgan fingerprint density at radius 1 is 1.50 bits per heavy atom. The van der Waals surface area contributed by atoms with E-state index in [1.54, 1.807) is 11.8 Å². The molecule has 1 heteroatoms. The fourth-order valence-corrected chi connectivity index (χ4v) is 1.34. The lowest BCUT2D eigenvalue weighted by molar-refractivity contribution is 1.36. The number of hydrogen-bond acceptors (Lipinski definition) is 1. The Balaban J connectivity index is 2.75. The summed E-state index contributed by atoms with van der Waals surface area (Å²) in [5, 5.41) is 0. The van der Waals surface area contributed by atoms with Crippen LogP contribution in [0, 0.1) is 13.2 Å². The maximum absolute atomic E-state index is 3.73. The Labute approximate surface area is 66.6 Å². The molecule has 0 saturated carbocycles. The van der Waals surface area contributed by atoms with E-state index in [9.17, 15) is 0 Å². The fraction of sp³-hybridized carbons (Fsp3) is 0.222. The van der Waals surface area contributed by atoms with E-state index in [4.69, 9.17) is 0 Å². The average molecular weight is 151 g/mol. The third-order valence-electron chi connectivity index (χ3n) is 1.35. The van der Waals surface area contributed by atoms with Crippen LogP contribution >= 0.6 is 11.8 Å². The first-order valence-corrected chi connectivity index (χ1v) is 4.41. The molecule has 0 heterocycles. The van der Waals surface area contributed by atoms with Gasteiger partial charge in [-0.25, -0.2) is 0 Å². The summed E-state index contributed by atoms with van der Waals surface area (Å²) >= 11 is 1.61. The lowest BCUT2D eigenvalue weighted by Crippen LogP contribution is -1.78. The maximum Gasteiger partial charge on any atom is 0.0184 e. The van der Waals surface area contributed by atoms with Gasteiger partial charge in [-0.15, -0.1) is 0 Å². The van der Waals surface area contributed by atoms with Crippen LogP contribution in [0.2, 0.25) is 0 Å². The van der Waals surface area contributed by atoms with Gasteiger partial charge >= 0.3 is 0 Å². The Bertz CT molecular complexity index is 206. The van der Waals surface area contributed by atoms with Crippen LogP contribution < -0.4 is 0 Å². The smallest absolute Gasteiger partial charge is 0.0184 e. The molecule has 0 nitrogen and oxygen atoms in total. The molecule has 1 aromatic rings. The summed E-state index contributed by atoms with van der Waals surface area (Å²) in [6.07, 6.45) is 3.73. The van der Waals surface area contributed by atoms with Gasteiger partial charge in [0.1, 0.15) is 0 Å². The third kappa shape index (κ3) is 2.07. The summed E-state index contributed by atoms with van der Waals surface area (Å²) in [5.74, 6) is 1.02. The zero-order chi connectivity index (χ0) is 7.40. The number of hydrogen-bond donors (Lipinski definition) is 0. The molecule has 0 aliphatic heterocycles. The molecule has 0 aromatic heterocycles. The Kier molecular flexibility index (Phi) is 2.82. The van der Waals surface area contributed by atoms with Gasteiger partial charge in [-0.1, -0.05) is 29.8 Å². The SMILES string of the molecule is [CH2]SCc1cccc(C)c1. The Hall–Kier alpha value is -0.430. The predicted octanol–water partition coefficient (Wildman–Crippen LogP) is 3.02. The highest BCUT2D eigenvalue weighted by molar-refractivity contribution is 7.99. The lowest BCUT2D eigenvalue weighted by atomic mass is 10.2. The minimum absolute atomic E-state index is 1.02. The van der Waals surface area contributed by atoms with Crippen molar-refractivity contribution in [2.75, 3.05) is 0 Å². The first-order chi connectivity index (χ1) is 4.83. The van der Waals surface area contributed by atoms with E-state index in [-0.39, 0.29) is 0 Å². The topological polar surface area (TPSA) is 0 Å². The van der Waals surface area contributed by atoms with Gasteiger partial charge in [-0.05, 0) is 12.5 Å². The summed E-state index contributed by atoms with van der Waals surface area (Å²) in [4.78, 5) is 0. The molecule has 1 rings (SSSR count). The van der Waals surface area contributed by atoms with Crippen LogP contribution in [0.15, 0.2) is 24.3 Å². The molecule has 0 N–H and O–H groups in total. The van der Waals surface area contributed by atoms with Crippen molar-refractivity contribution in [2.24, 2.45) is 0 Å². The van der Waals surface area contributed by atoms with E-state index in [0.29, 0.717) is 0 Å². The van der Waals surface area contributed by atoms with Crippen molar-refractivity contribution in [3.05, 3.63) is 41.6 Å². The molecular weight excluding hydrogens is 140 g/mol. The molecule has 0 spiro atoms. The first kappa shape index (κ1) is 7.67. The van der Waals surface area contributed by atoms with Gasteiger partial charge in [0.15, 0.2) is 0 Å². The zero-order valence-corrected chi connectivity index (χ0v) is 6.95. The van der Waals surface area contributed by atoms with Crippen LogP contribution in [-0.4, -0.2) is 0 Å². The van der Waals surface area contributed by atoms with Crippen LogP contribution in [0.4, 0.5) is 0 Å². The van der Waals surface area contributed by atoms with Gasteiger partial charge < -0.3 is 0 Å². The van der Waals surface area contributed by atoms with Crippen molar-refractivity contribution < 1.29 is 0 Å². The van der Waals surface area contributed by atoms with Gasteiger partial charge in [-0.3, -0.25) is 0 Å². The monoisotopic (exact) mass is 151 g/mol. The standard InChI is InChI=1S/C9H11S/c1-8-4-3-5-9(6-8)7-10-2/h3-6H,2,7H2,1H3. The highest BCUT2D eigenvalue weighted by Gasteiger charge is 1.89. The Morgan fingerprint density at radius 2 is 2.30 bits per heavy atom. The fourth-order valence-electron chi connectivity index (χ4n) is 0.920. The summed E-state index contributed by atoms with van der Waals surface area (Å²) in [5.41, 5.74) is 2.69. The first-order valence-electron chi connectivity index (χ1n) is 3.25. The largest absolute Gasteiger partial charge is 0.156 e. The summed E-state index contributed by atoms with van der Waals surface area (Å²) in [6.45, 7) is 2.11. The van der Waals surface area contributed by atoms with Gasteiger partial charge in [0.25, 0.3) is 0 Å². The summed E-state index contributed by atoms with van der Waals surface area (Å²) < 4.78 is 0. The lowest BCUT2D eigenvalue weighted by Gasteiger charge is -1.97. The minimum Gasteiger partial charge on any atom is -0.156 e. The molecular formula is C9H11S. The van der Waals surface area contributed by atoms with Crippen LogP contribution in [0.1, 0.15) is 11.1 Å². The van der Waals surface area contributed by atoms with Crippen LogP contribution in [0.5, 0.6) is 0 Å². The normalized spacial score (nSPS) is 9.80.